The predicted octanol–water partition coefficient (Wildman–Crippen LogP) is 1.53. The van der Waals surface area contributed by atoms with Crippen LogP contribution in [0.5, 0.6) is 0 Å². The van der Waals surface area contributed by atoms with Crippen molar-refractivity contribution in [2.24, 2.45) is 11.3 Å². The summed E-state index contributed by atoms with van der Waals surface area (Å²) in [7, 11) is 0. The number of piperidine rings is 1. The van der Waals surface area contributed by atoms with Crippen molar-refractivity contribution in [2.45, 2.75) is 57.4 Å². The predicted molar refractivity (Wildman–Crippen MR) is 78.3 cm³/mol. The van der Waals surface area contributed by atoms with Crippen molar-refractivity contribution < 1.29 is 9.90 Å². The third kappa shape index (κ3) is 2.73. The van der Waals surface area contributed by atoms with Gasteiger partial charge in [0.1, 0.15) is 0 Å². The van der Waals surface area contributed by atoms with Crippen LogP contribution < -0.4 is 5.32 Å². The van der Waals surface area contributed by atoms with E-state index in [0.29, 0.717) is 23.9 Å². The molecule has 0 unspecified atom stereocenters. The lowest BCUT2D eigenvalue weighted by atomic mass is 9.90. The molecule has 3 fully saturated rings. The molecule has 1 aliphatic heterocycles. The lowest BCUT2D eigenvalue weighted by Gasteiger charge is -2.35. The topological polar surface area (TPSA) is 52.6 Å². The maximum absolute atomic E-state index is 12.9. The molecule has 114 valence electrons. The fraction of sp³-hybridized carbons (Fsp3) is 0.938. The maximum Gasteiger partial charge on any atom is 0.226 e. The third-order valence-corrected chi connectivity index (χ3v) is 5.73. The fourth-order valence-corrected chi connectivity index (χ4v) is 4.35. The Labute approximate surface area is 121 Å². The van der Waals surface area contributed by atoms with Crippen LogP contribution in [0, 0.1) is 11.3 Å². The first-order valence-electron chi connectivity index (χ1n) is 8.39. The average Bonchev–Trinajstić information content (AvgIpc) is 3.19. The molecule has 0 aromatic carbocycles. The summed E-state index contributed by atoms with van der Waals surface area (Å²) < 4.78 is 0. The quantitative estimate of drug-likeness (QED) is 0.821. The molecule has 3 rings (SSSR count). The number of rotatable bonds is 4. The minimum atomic E-state index is 0.101. The number of nitrogens with one attached hydrogen (secondary N) is 1. The Hall–Kier alpha value is -0.610. The van der Waals surface area contributed by atoms with E-state index in [9.17, 15) is 9.90 Å². The number of hydrogen-bond acceptors (Lipinski definition) is 3. The van der Waals surface area contributed by atoms with E-state index in [1.807, 2.05) is 4.90 Å². The maximum atomic E-state index is 12.9. The summed E-state index contributed by atoms with van der Waals surface area (Å²) in [5.74, 6) is 0.589. The molecular weight excluding hydrogens is 252 g/mol. The van der Waals surface area contributed by atoms with Crippen molar-refractivity contribution in [1.82, 2.24) is 10.2 Å². The van der Waals surface area contributed by atoms with E-state index < -0.39 is 0 Å². The van der Waals surface area contributed by atoms with Gasteiger partial charge in [-0.1, -0.05) is 19.3 Å². The van der Waals surface area contributed by atoms with Crippen molar-refractivity contribution in [3.05, 3.63) is 0 Å². The van der Waals surface area contributed by atoms with Gasteiger partial charge in [-0.15, -0.1) is 0 Å². The third-order valence-electron chi connectivity index (χ3n) is 5.73. The van der Waals surface area contributed by atoms with Gasteiger partial charge in [0.05, 0.1) is 6.61 Å². The molecule has 4 heteroatoms. The van der Waals surface area contributed by atoms with Gasteiger partial charge in [-0.2, -0.15) is 0 Å². The van der Waals surface area contributed by atoms with E-state index in [1.165, 1.54) is 19.3 Å². The van der Waals surface area contributed by atoms with E-state index in [-0.39, 0.29) is 12.5 Å². The molecule has 20 heavy (non-hydrogen) atoms. The van der Waals surface area contributed by atoms with Crippen LogP contribution in [0.25, 0.3) is 0 Å². The number of nitrogens with zero attached hydrogens (tertiary/aromatic N) is 1. The Morgan fingerprint density at radius 2 is 1.90 bits per heavy atom. The molecule has 0 aromatic heterocycles. The van der Waals surface area contributed by atoms with Gasteiger partial charge in [0.25, 0.3) is 0 Å². The second kappa shape index (κ2) is 6.02. The zero-order chi connectivity index (χ0) is 14.0. The molecule has 2 N–H and O–H groups in total. The van der Waals surface area contributed by atoms with Gasteiger partial charge in [-0.25, -0.2) is 0 Å². The zero-order valence-electron chi connectivity index (χ0n) is 12.4. The molecule has 0 bridgehead atoms. The number of aliphatic hydroxyl groups excluding tert-OH is 1. The van der Waals surface area contributed by atoms with Gasteiger partial charge in [0.2, 0.25) is 5.91 Å². The summed E-state index contributed by atoms with van der Waals surface area (Å²) in [5.41, 5.74) is 0.310. The summed E-state index contributed by atoms with van der Waals surface area (Å²) in [5, 5.41) is 12.7. The van der Waals surface area contributed by atoms with E-state index >= 15 is 0 Å². The Morgan fingerprint density at radius 3 is 2.55 bits per heavy atom. The van der Waals surface area contributed by atoms with E-state index in [4.69, 9.17) is 0 Å². The lowest BCUT2D eigenvalue weighted by molar-refractivity contribution is -0.137. The largest absolute Gasteiger partial charge is 0.395 e. The average molecular weight is 280 g/mol. The highest BCUT2D eigenvalue weighted by Gasteiger charge is 2.58. The van der Waals surface area contributed by atoms with Crippen LogP contribution in [0.1, 0.15) is 51.4 Å². The summed E-state index contributed by atoms with van der Waals surface area (Å²) in [4.78, 5) is 14.9. The monoisotopic (exact) mass is 280 g/mol. The summed E-state index contributed by atoms with van der Waals surface area (Å²) in [6, 6.07) is 0.391. The second-order valence-electron chi connectivity index (χ2n) is 6.92. The fourth-order valence-electron chi connectivity index (χ4n) is 4.35. The minimum absolute atomic E-state index is 0.101. The first-order valence-corrected chi connectivity index (χ1v) is 8.39. The summed E-state index contributed by atoms with van der Waals surface area (Å²) in [6.07, 6.45) is 9.43. The number of carbonyl (C=O) groups excluding carboxylic acids is 1. The van der Waals surface area contributed by atoms with Gasteiger partial charge in [-0.05, 0) is 50.6 Å². The lowest BCUT2D eigenvalue weighted by Crippen LogP contribution is -2.45. The molecule has 3 aliphatic rings. The van der Waals surface area contributed by atoms with Crippen molar-refractivity contribution in [3.8, 4) is 0 Å². The molecule has 1 heterocycles. The SMILES string of the molecule is O=C([C@@H]1CC12CCNCC2)N(CCO)C1CCCCC1. The van der Waals surface area contributed by atoms with Gasteiger partial charge in [0, 0.05) is 18.5 Å². The van der Waals surface area contributed by atoms with Crippen LogP contribution in [0.15, 0.2) is 0 Å². The summed E-state index contributed by atoms with van der Waals surface area (Å²) in [6.45, 7) is 2.76. The smallest absolute Gasteiger partial charge is 0.226 e. The zero-order valence-corrected chi connectivity index (χ0v) is 12.4. The molecule has 1 amide bonds. The van der Waals surface area contributed by atoms with E-state index in [2.05, 4.69) is 5.32 Å². The molecule has 1 spiro atoms. The van der Waals surface area contributed by atoms with Crippen molar-refractivity contribution in [1.29, 1.82) is 0 Å². The van der Waals surface area contributed by atoms with E-state index in [1.54, 1.807) is 0 Å². The first kappa shape index (κ1) is 14.3. The molecule has 4 nitrogen and oxygen atoms in total. The Balaban J connectivity index is 1.63. The van der Waals surface area contributed by atoms with Crippen LogP contribution in [-0.4, -0.2) is 48.2 Å². The number of hydrogen-bond donors (Lipinski definition) is 2. The van der Waals surface area contributed by atoms with Gasteiger partial charge < -0.3 is 15.3 Å². The highest BCUT2D eigenvalue weighted by molar-refractivity contribution is 5.83. The highest BCUT2D eigenvalue weighted by Crippen LogP contribution is 2.59. The van der Waals surface area contributed by atoms with Gasteiger partial charge >= 0.3 is 0 Å². The molecule has 1 saturated heterocycles. The van der Waals surface area contributed by atoms with Crippen LogP contribution in [-0.2, 0) is 4.79 Å². The number of aliphatic hydroxyl groups is 1. The molecular formula is C16H28N2O2. The van der Waals surface area contributed by atoms with Crippen LogP contribution in [0.4, 0.5) is 0 Å². The van der Waals surface area contributed by atoms with Crippen molar-refractivity contribution >= 4 is 5.91 Å². The Kier molecular flexibility index (Phi) is 4.32. The Morgan fingerprint density at radius 1 is 1.20 bits per heavy atom. The molecule has 1 atom stereocenters. The molecule has 2 saturated carbocycles. The minimum Gasteiger partial charge on any atom is -0.395 e. The van der Waals surface area contributed by atoms with Crippen LogP contribution in [0.2, 0.25) is 0 Å². The molecule has 0 radical (unpaired) electrons. The molecule has 0 aromatic rings. The van der Waals surface area contributed by atoms with Crippen molar-refractivity contribution in [2.75, 3.05) is 26.2 Å². The van der Waals surface area contributed by atoms with Gasteiger partial charge in [0.15, 0.2) is 0 Å². The van der Waals surface area contributed by atoms with Crippen LogP contribution in [0.3, 0.4) is 0 Å². The van der Waals surface area contributed by atoms with E-state index in [0.717, 1.165) is 45.2 Å². The normalized spacial score (nSPS) is 29.4. The van der Waals surface area contributed by atoms with Gasteiger partial charge in [-0.3, -0.25) is 4.79 Å². The summed E-state index contributed by atoms with van der Waals surface area (Å²) >= 11 is 0. The van der Waals surface area contributed by atoms with Crippen LogP contribution >= 0.6 is 0 Å². The molecule has 2 aliphatic carbocycles. The highest BCUT2D eigenvalue weighted by atomic mass is 16.3. The second-order valence-corrected chi connectivity index (χ2v) is 6.92. The first-order chi connectivity index (χ1) is 9.77. The number of carbonyl (C=O) groups is 1. The van der Waals surface area contributed by atoms with Crippen molar-refractivity contribution in [3.63, 3.8) is 0 Å². The number of amides is 1. The Bertz CT molecular complexity index is 346. The standard InChI is InChI=1S/C16H28N2O2/c19-11-10-18(13-4-2-1-3-5-13)15(20)14-12-16(14)6-8-17-9-7-16/h13-14,17,19H,1-12H2/t14-/m0/s1.